The minimum atomic E-state index is -0.403. The summed E-state index contributed by atoms with van der Waals surface area (Å²) in [6, 6.07) is 0. The van der Waals surface area contributed by atoms with Crippen molar-refractivity contribution in [2.24, 2.45) is 11.8 Å². The molecule has 0 amide bonds. The standard InChI is InChI=1S/C14H23ClO3/c1-14(2,3)18-12(16)9-6-10-4-7-11(8-5-10)13(15)17/h10-11H,4-9H2,1-3H3. The molecule has 1 fully saturated rings. The molecule has 0 unspecified atom stereocenters. The monoisotopic (exact) mass is 274 g/mol. The lowest BCUT2D eigenvalue weighted by Crippen LogP contribution is -2.25. The Bertz CT molecular complexity index is 299. The molecule has 0 heterocycles. The van der Waals surface area contributed by atoms with E-state index in [1.807, 2.05) is 20.8 Å². The SMILES string of the molecule is CC(C)(C)OC(=O)CCC1CCC(C(=O)Cl)CC1. The van der Waals surface area contributed by atoms with Crippen molar-refractivity contribution in [3.8, 4) is 0 Å². The maximum Gasteiger partial charge on any atom is 0.306 e. The van der Waals surface area contributed by atoms with Crippen LogP contribution in [-0.2, 0) is 14.3 Å². The van der Waals surface area contributed by atoms with Crippen LogP contribution in [-0.4, -0.2) is 16.8 Å². The van der Waals surface area contributed by atoms with Gasteiger partial charge in [0.05, 0.1) is 0 Å². The van der Waals surface area contributed by atoms with Crippen molar-refractivity contribution in [2.75, 3.05) is 0 Å². The van der Waals surface area contributed by atoms with Gasteiger partial charge < -0.3 is 4.74 Å². The van der Waals surface area contributed by atoms with Gasteiger partial charge in [0.2, 0.25) is 5.24 Å². The molecule has 0 aliphatic heterocycles. The van der Waals surface area contributed by atoms with Crippen LogP contribution in [0.3, 0.4) is 0 Å². The summed E-state index contributed by atoms with van der Waals surface area (Å²) in [5.74, 6) is 0.437. The lowest BCUT2D eigenvalue weighted by atomic mass is 9.80. The molecule has 18 heavy (non-hydrogen) atoms. The zero-order chi connectivity index (χ0) is 13.8. The van der Waals surface area contributed by atoms with Crippen LogP contribution in [0.4, 0.5) is 0 Å². The van der Waals surface area contributed by atoms with Crippen LogP contribution in [0.2, 0.25) is 0 Å². The molecule has 0 spiro atoms. The fourth-order valence-corrected chi connectivity index (χ4v) is 2.61. The summed E-state index contributed by atoms with van der Waals surface area (Å²) in [6.07, 6.45) is 5.04. The Labute approximate surface area is 114 Å². The minimum absolute atomic E-state index is 0.0319. The van der Waals surface area contributed by atoms with Crippen LogP contribution in [0, 0.1) is 11.8 Å². The molecule has 0 atom stereocenters. The van der Waals surface area contributed by atoms with Crippen LogP contribution in [0.5, 0.6) is 0 Å². The van der Waals surface area contributed by atoms with E-state index in [4.69, 9.17) is 16.3 Å². The number of halogens is 1. The number of esters is 1. The van der Waals surface area contributed by atoms with E-state index >= 15 is 0 Å². The maximum absolute atomic E-state index is 11.6. The number of carbonyl (C=O) groups is 2. The Kier molecular flexibility index (Phi) is 5.64. The van der Waals surface area contributed by atoms with Crippen molar-refractivity contribution in [2.45, 2.75) is 64.9 Å². The first-order valence-corrected chi connectivity index (χ1v) is 7.07. The first-order valence-electron chi connectivity index (χ1n) is 6.69. The fraction of sp³-hybridized carbons (Fsp3) is 0.857. The normalized spacial score (nSPS) is 24.7. The van der Waals surface area contributed by atoms with Gasteiger partial charge in [0.1, 0.15) is 5.60 Å². The second-order valence-electron chi connectivity index (χ2n) is 6.15. The third-order valence-electron chi connectivity index (χ3n) is 3.34. The van der Waals surface area contributed by atoms with Crippen LogP contribution >= 0.6 is 11.6 Å². The Hall–Kier alpha value is -0.570. The fourth-order valence-electron chi connectivity index (χ4n) is 2.39. The predicted octanol–water partition coefficient (Wildman–Crippen LogP) is 3.68. The molecule has 0 aromatic rings. The number of rotatable bonds is 4. The molecule has 0 aromatic carbocycles. The van der Waals surface area contributed by atoms with Gasteiger partial charge in [-0.25, -0.2) is 0 Å². The topological polar surface area (TPSA) is 43.4 Å². The molecule has 0 saturated heterocycles. The van der Waals surface area contributed by atoms with E-state index in [1.54, 1.807) is 0 Å². The number of ether oxygens (including phenoxy) is 1. The second kappa shape index (κ2) is 6.55. The smallest absolute Gasteiger partial charge is 0.306 e. The van der Waals surface area contributed by atoms with Crippen molar-refractivity contribution < 1.29 is 14.3 Å². The van der Waals surface area contributed by atoms with Crippen molar-refractivity contribution >= 4 is 22.8 Å². The van der Waals surface area contributed by atoms with Crippen LogP contribution in [0.1, 0.15) is 59.3 Å². The first-order chi connectivity index (χ1) is 8.28. The highest BCUT2D eigenvalue weighted by atomic mass is 35.5. The molecule has 0 N–H and O–H groups in total. The molecule has 0 aromatic heterocycles. The third-order valence-corrected chi connectivity index (χ3v) is 3.65. The van der Waals surface area contributed by atoms with E-state index in [-0.39, 0.29) is 17.1 Å². The molecule has 0 bridgehead atoms. The average molecular weight is 275 g/mol. The largest absolute Gasteiger partial charge is 0.460 e. The molecule has 1 aliphatic rings. The first kappa shape index (κ1) is 15.5. The zero-order valence-corrected chi connectivity index (χ0v) is 12.3. The van der Waals surface area contributed by atoms with Gasteiger partial charge in [-0.1, -0.05) is 0 Å². The lowest BCUT2D eigenvalue weighted by molar-refractivity contribution is -0.155. The number of hydrogen-bond acceptors (Lipinski definition) is 3. The summed E-state index contributed by atoms with van der Waals surface area (Å²) >= 11 is 5.49. The molecular formula is C14H23ClO3. The highest BCUT2D eigenvalue weighted by Gasteiger charge is 2.26. The predicted molar refractivity (Wildman–Crippen MR) is 71.4 cm³/mol. The average Bonchev–Trinajstić information content (AvgIpc) is 2.24. The molecule has 1 saturated carbocycles. The molecule has 4 heteroatoms. The van der Waals surface area contributed by atoms with E-state index in [9.17, 15) is 9.59 Å². The summed E-state index contributed by atoms with van der Waals surface area (Å²) in [7, 11) is 0. The van der Waals surface area contributed by atoms with E-state index < -0.39 is 5.60 Å². The Morgan fingerprint density at radius 3 is 2.17 bits per heavy atom. The van der Waals surface area contributed by atoms with Gasteiger partial charge in [-0.05, 0) is 70.4 Å². The van der Waals surface area contributed by atoms with Gasteiger partial charge in [0.25, 0.3) is 0 Å². The van der Waals surface area contributed by atoms with Crippen LogP contribution < -0.4 is 0 Å². The molecule has 3 nitrogen and oxygen atoms in total. The van der Waals surface area contributed by atoms with Gasteiger partial charge in [-0.2, -0.15) is 0 Å². The minimum Gasteiger partial charge on any atom is -0.460 e. The van der Waals surface area contributed by atoms with Gasteiger partial charge in [0, 0.05) is 12.3 Å². The number of hydrogen-bond donors (Lipinski definition) is 0. The van der Waals surface area contributed by atoms with E-state index in [0.29, 0.717) is 12.3 Å². The highest BCUT2D eigenvalue weighted by Crippen LogP contribution is 2.32. The maximum atomic E-state index is 11.6. The van der Waals surface area contributed by atoms with Crippen molar-refractivity contribution in [1.82, 2.24) is 0 Å². The summed E-state index contributed by atoms with van der Waals surface area (Å²) < 4.78 is 5.27. The lowest BCUT2D eigenvalue weighted by Gasteiger charge is -2.26. The summed E-state index contributed by atoms with van der Waals surface area (Å²) in [4.78, 5) is 22.6. The van der Waals surface area contributed by atoms with Gasteiger partial charge in [0.15, 0.2) is 0 Å². The van der Waals surface area contributed by atoms with Crippen LogP contribution in [0.15, 0.2) is 0 Å². The third kappa shape index (κ3) is 5.85. The Balaban J connectivity index is 2.22. The summed E-state index contributed by atoms with van der Waals surface area (Å²) in [6.45, 7) is 5.63. The van der Waals surface area contributed by atoms with Crippen LogP contribution in [0.25, 0.3) is 0 Å². The molecule has 0 radical (unpaired) electrons. The van der Waals surface area contributed by atoms with Gasteiger partial charge in [-0.3, -0.25) is 9.59 Å². The molecule has 1 aliphatic carbocycles. The van der Waals surface area contributed by atoms with E-state index in [0.717, 1.165) is 32.1 Å². The van der Waals surface area contributed by atoms with E-state index in [1.165, 1.54) is 0 Å². The van der Waals surface area contributed by atoms with Crippen molar-refractivity contribution in [3.63, 3.8) is 0 Å². The summed E-state index contributed by atoms with van der Waals surface area (Å²) in [5, 5.41) is -0.208. The summed E-state index contributed by atoms with van der Waals surface area (Å²) in [5.41, 5.74) is -0.403. The van der Waals surface area contributed by atoms with Gasteiger partial charge >= 0.3 is 5.97 Å². The molecular weight excluding hydrogens is 252 g/mol. The molecule has 104 valence electrons. The number of carbonyl (C=O) groups excluding carboxylic acids is 2. The Morgan fingerprint density at radius 1 is 1.17 bits per heavy atom. The van der Waals surface area contributed by atoms with Crippen molar-refractivity contribution in [3.05, 3.63) is 0 Å². The second-order valence-corrected chi connectivity index (χ2v) is 6.52. The Morgan fingerprint density at radius 2 is 1.72 bits per heavy atom. The zero-order valence-electron chi connectivity index (χ0n) is 11.5. The quantitative estimate of drug-likeness (QED) is 0.580. The highest BCUT2D eigenvalue weighted by molar-refractivity contribution is 6.63. The molecule has 1 rings (SSSR count). The van der Waals surface area contributed by atoms with Crippen molar-refractivity contribution in [1.29, 1.82) is 0 Å². The van der Waals surface area contributed by atoms with E-state index in [2.05, 4.69) is 0 Å². The van der Waals surface area contributed by atoms with Gasteiger partial charge in [-0.15, -0.1) is 0 Å².